The summed E-state index contributed by atoms with van der Waals surface area (Å²) in [4.78, 5) is 20.8. The van der Waals surface area contributed by atoms with Crippen molar-refractivity contribution in [1.29, 1.82) is 0 Å². The van der Waals surface area contributed by atoms with E-state index in [0.717, 1.165) is 28.0 Å². The Morgan fingerprint density at radius 3 is 2.54 bits per heavy atom. The molecule has 26 heavy (non-hydrogen) atoms. The summed E-state index contributed by atoms with van der Waals surface area (Å²) in [6.45, 7) is -1.57. The van der Waals surface area contributed by atoms with Crippen LogP contribution in [0.1, 0.15) is 16.1 Å². The normalized spacial score (nSPS) is 16.7. The van der Waals surface area contributed by atoms with Gasteiger partial charge in [0.2, 0.25) is 0 Å². The summed E-state index contributed by atoms with van der Waals surface area (Å²) in [5.74, 6) is -3.79. The Kier molecular flexibility index (Phi) is 3.33. The summed E-state index contributed by atoms with van der Waals surface area (Å²) in [7, 11) is 0. The number of oxazole rings is 1. The van der Waals surface area contributed by atoms with Crippen LogP contribution in [0.5, 0.6) is 0 Å². The van der Waals surface area contributed by atoms with Crippen molar-refractivity contribution in [1.82, 2.24) is 19.3 Å². The SMILES string of the molecule is O=C(c1cnc2c(-c3cnco3)cc(C(F)(F)F)cn12)N1CC(F)(F)C1. The molecule has 6 nitrogen and oxygen atoms in total. The number of rotatable bonds is 2. The largest absolute Gasteiger partial charge is 0.443 e. The molecule has 0 saturated carbocycles. The molecule has 0 aliphatic carbocycles. The first-order chi connectivity index (χ1) is 12.2. The van der Waals surface area contributed by atoms with E-state index in [1.54, 1.807) is 0 Å². The van der Waals surface area contributed by atoms with Crippen molar-refractivity contribution in [2.24, 2.45) is 0 Å². The van der Waals surface area contributed by atoms with Gasteiger partial charge in [0.1, 0.15) is 11.3 Å². The third-order valence-corrected chi connectivity index (χ3v) is 3.98. The molecule has 1 saturated heterocycles. The van der Waals surface area contributed by atoms with E-state index in [1.807, 2.05) is 0 Å². The minimum absolute atomic E-state index is 0.0189. The summed E-state index contributed by atoms with van der Waals surface area (Å²) in [6, 6.07) is 0.828. The van der Waals surface area contributed by atoms with E-state index in [9.17, 15) is 26.7 Å². The molecule has 4 rings (SSSR count). The fourth-order valence-corrected chi connectivity index (χ4v) is 2.75. The molecule has 3 aromatic heterocycles. The van der Waals surface area contributed by atoms with Gasteiger partial charge in [-0.15, -0.1) is 0 Å². The van der Waals surface area contributed by atoms with Gasteiger partial charge in [-0.3, -0.25) is 9.20 Å². The van der Waals surface area contributed by atoms with Crippen molar-refractivity contribution in [2.75, 3.05) is 13.1 Å². The topological polar surface area (TPSA) is 63.6 Å². The number of pyridine rings is 1. The predicted molar refractivity (Wildman–Crippen MR) is 76.5 cm³/mol. The van der Waals surface area contributed by atoms with Crippen LogP contribution in [0.4, 0.5) is 22.0 Å². The van der Waals surface area contributed by atoms with Gasteiger partial charge in [-0.1, -0.05) is 0 Å². The van der Waals surface area contributed by atoms with E-state index in [4.69, 9.17) is 4.42 Å². The zero-order valence-electron chi connectivity index (χ0n) is 12.8. The van der Waals surface area contributed by atoms with E-state index in [2.05, 4.69) is 9.97 Å². The number of carbonyl (C=O) groups excluding carboxylic acids is 1. The molecule has 0 spiro atoms. The van der Waals surface area contributed by atoms with Crippen molar-refractivity contribution in [3.8, 4) is 11.3 Å². The fraction of sp³-hybridized carbons (Fsp3) is 0.267. The first-order valence-corrected chi connectivity index (χ1v) is 7.30. The van der Waals surface area contributed by atoms with Gasteiger partial charge in [0.15, 0.2) is 12.2 Å². The Hall–Kier alpha value is -2.98. The highest BCUT2D eigenvalue weighted by molar-refractivity contribution is 5.95. The zero-order chi connectivity index (χ0) is 18.7. The number of amides is 1. The van der Waals surface area contributed by atoms with Crippen LogP contribution in [-0.2, 0) is 6.18 Å². The minimum Gasteiger partial charge on any atom is -0.443 e. The molecular weight excluding hydrogens is 363 g/mol. The van der Waals surface area contributed by atoms with Crippen LogP contribution < -0.4 is 0 Å². The fourth-order valence-electron chi connectivity index (χ4n) is 2.75. The second-order valence-electron chi connectivity index (χ2n) is 5.86. The lowest BCUT2D eigenvalue weighted by atomic mass is 10.1. The smallest absolute Gasteiger partial charge is 0.417 e. The number of nitrogens with zero attached hydrogens (tertiary/aromatic N) is 4. The number of imidazole rings is 1. The Morgan fingerprint density at radius 1 is 1.23 bits per heavy atom. The molecule has 0 aromatic carbocycles. The highest BCUT2D eigenvalue weighted by Crippen LogP contribution is 2.35. The van der Waals surface area contributed by atoms with Crippen LogP contribution in [-0.4, -0.2) is 44.2 Å². The van der Waals surface area contributed by atoms with Crippen molar-refractivity contribution in [3.63, 3.8) is 0 Å². The van der Waals surface area contributed by atoms with Crippen LogP contribution in [0.15, 0.2) is 35.5 Å². The molecule has 0 N–H and O–H groups in total. The van der Waals surface area contributed by atoms with Gasteiger partial charge in [0.05, 0.1) is 36.6 Å². The van der Waals surface area contributed by atoms with Crippen molar-refractivity contribution in [2.45, 2.75) is 12.1 Å². The van der Waals surface area contributed by atoms with Crippen LogP contribution in [0.3, 0.4) is 0 Å². The minimum atomic E-state index is -4.70. The van der Waals surface area contributed by atoms with Crippen molar-refractivity contribution < 1.29 is 31.2 Å². The Labute approximate surface area is 141 Å². The molecule has 1 fully saturated rings. The maximum atomic E-state index is 13.2. The number of fused-ring (bicyclic) bond motifs is 1. The molecule has 1 amide bonds. The van der Waals surface area contributed by atoms with Crippen molar-refractivity contribution >= 4 is 11.6 Å². The third kappa shape index (κ3) is 2.59. The van der Waals surface area contributed by atoms with E-state index in [1.165, 1.54) is 6.20 Å². The van der Waals surface area contributed by atoms with Crippen LogP contribution >= 0.6 is 0 Å². The van der Waals surface area contributed by atoms with Gasteiger partial charge in [-0.05, 0) is 6.07 Å². The number of hydrogen-bond donors (Lipinski definition) is 0. The molecule has 0 bridgehead atoms. The molecule has 4 heterocycles. The van der Waals surface area contributed by atoms with Gasteiger partial charge in [0.25, 0.3) is 11.8 Å². The molecule has 0 atom stereocenters. The van der Waals surface area contributed by atoms with Crippen LogP contribution in [0.2, 0.25) is 0 Å². The zero-order valence-corrected chi connectivity index (χ0v) is 12.8. The van der Waals surface area contributed by atoms with Crippen molar-refractivity contribution in [3.05, 3.63) is 42.3 Å². The molecule has 136 valence electrons. The van der Waals surface area contributed by atoms with Gasteiger partial charge in [-0.25, -0.2) is 18.7 Å². The van der Waals surface area contributed by atoms with E-state index < -0.39 is 36.7 Å². The second kappa shape index (κ2) is 5.26. The highest BCUT2D eigenvalue weighted by atomic mass is 19.4. The summed E-state index contributed by atoms with van der Waals surface area (Å²) < 4.78 is 71.7. The molecule has 11 heteroatoms. The Balaban J connectivity index is 1.86. The number of hydrogen-bond acceptors (Lipinski definition) is 4. The van der Waals surface area contributed by atoms with E-state index in [-0.39, 0.29) is 22.7 Å². The lowest BCUT2D eigenvalue weighted by molar-refractivity contribution is -0.137. The third-order valence-electron chi connectivity index (χ3n) is 3.98. The average molecular weight is 372 g/mol. The monoisotopic (exact) mass is 372 g/mol. The Bertz CT molecular complexity index is 986. The second-order valence-corrected chi connectivity index (χ2v) is 5.86. The lowest BCUT2D eigenvalue weighted by Crippen LogP contribution is -2.58. The van der Waals surface area contributed by atoms with Gasteiger partial charge < -0.3 is 9.32 Å². The molecular formula is C15H9F5N4O2. The molecule has 0 unspecified atom stereocenters. The van der Waals surface area contributed by atoms with E-state index in [0.29, 0.717) is 6.20 Å². The van der Waals surface area contributed by atoms with Gasteiger partial charge in [-0.2, -0.15) is 13.2 Å². The van der Waals surface area contributed by atoms with Gasteiger partial charge in [0, 0.05) is 6.20 Å². The first-order valence-electron chi connectivity index (χ1n) is 7.30. The quantitative estimate of drug-likeness (QED) is 0.649. The summed E-state index contributed by atoms with van der Waals surface area (Å²) >= 11 is 0. The average Bonchev–Trinajstić information content (AvgIpc) is 3.19. The number of aromatic nitrogens is 3. The summed E-state index contributed by atoms with van der Waals surface area (Å²) in [5, 5.41) is 0. The predicted octanol–water partition coefficient (Wildman–Crippen LogP) is 3.10. The molecule has 0 radical (unpaired) electrons. The first kappa shape index (κ1) is 16.5. The highest BCUT2D eigenvalue weighted by Gasteiger charge is 2.47. The maximum absolute atomic E-state index is 13.2. The molecule has 3 aromatic rings. The standard InChI is InChI=1S/C15H9F5N4O2/c16-14(17)5-23(6-14)13(25)10-2-22-12-9(11-3-21-7-26-11)1-8(4-24(10)12)15(18,19)20/h1-4,7H,5-6H2. The van der Waals surface area contributed by atoms with Gasteiger partial charge >= 0.3 is 6.18 Å². The maximum Gasteiger partial charge on any atom is 0.417 e. The number of alkyl halides is 5. The van der Waals surface area contributed by atoms with E-state index >= 15 is 0 Å². The number of halogens is 5. The number of carbonyl (C=O) groups is 1. The summed E-state index contributed by atoms with van der Waals surface area (Å²) in [6.07, 6.45) is -0.691. The summed E-state index contributed by atoms with van der Waals surface area (Å²) in [5.41, 5.74) is -1.30. The van der Waals surface area contributed by atoms with Crippen LogP contribution in [0.25, 0.3) is 17.0 Å². The molecule has 1 aliphatic rings. The molecule has 1 aliphatic heterocycles. The lowest BCUT2D eigenvalue weighted by Gasteiger charge is -2.38. The Morgan fingerprint density at radius 2 is 1.96 bits per heavy atom. The number of likely N-dealkylation sites (tertiary alicyclic amines) is 1. The van der Waals surface area contributed by atoms with Crippen LogP contribution in [0, 0.1) is 0 Å².